The number of aromatic nitrogens is 1. The molecule has 0 radical (unpaired) electrons. The Hall–Kier alpha value is -1.78. The number of hydrogen-bond donors (Lipinski definition) is 3. The summed E-state index contributed by atoms with van der Waals surface area (Å²) in [6, 6.07) is 1.64. The van der Waals surface area contributed by atoms with Gasteiger partial charge in [-0.25, -0.2) is 4.98 Å². The molecule has 5 heteroatoms. The summed E-state index contributed by atoms with van der Waals surface area (Å²) in [6.07, 6.45) is 7.45. The van der Waals surface area contributed by atoms with Crippen LogP contribution in [-0.2, 0) is 0 Å². The molecule has 0 saturated heterocycles. The highest BCUT2D eigenvalue weighted by atomic mass is 16.1. The second-order valence-corrected chi connectivity index (χ2v) is 5.27. The van der Waals surface area contributed by atoms with Gasteiger partial charge in [-0.05, 0) is 25.8 Å². The number of nitrogens with two attached hydrogens (primary N) is 2. The van der Waals surface area contributed by atoms with Crippen molar-refractivity contribution in [3.05, 3.63) is 17.8 Å². The van der Waals surface area contributed by atoms with Gasteiger partial charge in [-0.3, -0.25) is 4.79 Å². The van der Waals surface area contributed by atoms with E-state index in [-0.39, 0.29) is 5.54 Å². The molecule has 0 bridgehead atoms. The first-order chi connectivity index (χ1) is 8.50. The van der Waals surface area contributed by atoms with Crippen molar-refractivity contribution in [3.8, 4) is 0 Å². The number of nitrogen functional groups attached to an aromatic ring is 1. The molecular formula is C13H20N4O. The van der Waals surface area contributed by atoms with Gasteiger partial charge in [-0.15, -0.1) is 0 Å². The van der Waals surface area contributed by atoms with Crippen molar-refractivity contribution in [3.63, 3.8) is 0 Å². The second-order valence-electron chi connectivity index (χ2n) is 5.27. The van der Waals surface area contributed by atoms with Crippen LogP contribution in [-0.4, -0.2) is 16.4 Å². The number of anilines is 2. The Morgan fingerprint density at radius 2 is 2.06 bits per heavy atom. The Bertz CT molecular complexity index is 452. The second kappa shape index (κ2) is 4.84. The molecule has 1 amide bonds. The van der Waals surface area contributed by atoms with Crippen molar-refractivity contribution in [2.75, 3.05) is 11.1 Å². The lowest BCUT2D eigenvalue weighted by Gasteiger charge is -2.35. The summed E-state index contributed by atoms with van der Waals surface area (Å²) in [7, 11) is 0. The molecule has 0 spiro atoms. The zero-order chi connectivity index (χ0) is 13.2. The van der Waals surface area contributed by atoms with Gasteiger partial charge in [0, 0.05) is 5.54 Å². The Kier molecular flexibility index (Phi) is 3.41. The van der Waals surface area contributed by atoms with E-state index >= 15 is 0 Å². The SMILES string of the molecule is CC1(Nc2cc(C(N)=O)c(N)cn2)CCCCC1. The Morgan fingerprint density at radius 1 is 1.39 bits per heavy atom. The van der Waals surface area contributed by atoms with Crippen molar-refractivity contribution >= 4 is 17.4 Å². The third-order valence-corrected chi connectivity index (χ3v) is 3.59. The van der Waals surface area contributed by atoms with E-state index in [4.69, 9.17) is 11.5 Å². The van der Waals surface area contributed by atoms with Crippen molar-refractivity contribution in [2.24, 2.45) is 5.73 Å². The lowest BCUT2D eigenvalue weighted by atomic mass is 9.83. The molecule has 5 nitrogen and oxygen atoms in total. The van der Waals surface area contributed by atoms with Gasteiger partial charge < -0.3 is 16.8 Å². The summed E-state index contributed by atoms with van der Waals surface area (Å²) in [5, 5.41) is 3.41. The topological polar surface area (TPSA) is 94.0 Å². The zero-order valence-electron chi connectivity index (χ0n) is 10.7. The minimum absolute atomic E-state index is 0.0519. The summed E-state index contributed by atoms with van der Waals surface area (Å²) in [6.45, 7) is 2.19. The zero-order valence-corrected chi connectivity index (χ0v) is 10.7. The maximum Gasteiger partial charge on any atom is 0.250 e. The molecule has 98 valence electrons. The Balaban J connectivity index is 2.18. The lowest BCUT2D eigenvalue weighted by molar-refractivity contribution is 0.100. The van der Waals surface area contributed by atoms with E-state index in [0.29, 0.717) is 17.1 Å². The summed E-state index contributed by atoms with van der Waals surface area (Å²) in [4.78, 5) is 15.4. The van der Waals surface area contributed by atoms with Crippen LogP contribution in [0.15, 0.2) is 12.3 Å². The molecule has 0 unspecified atom stereocenters. The van der Waals surface area contributed by atoms with Gasteiger partial charge >= 0.3 is 0 Å². The van der Waals surface area contributed by atoms with Crippen LogP contribution in [0.1, 0.15) is 49.4 Å². The highest BCUT2D eigenvalue weighted by Gasteiger charge is 2.27. The van der Waals surface area contributed by atoms with E-state index < -0.39 is 5.91 Å². The molecule has 1 aliphatic carbocycles. The van der Waals surface area contributed by atoms with Gasteiger partial charge in [0.1, 0.15) is 5.82 Å². The highest BCUT2D eigenvalue weighted by Crippen LogP contribution is 2.31. The van der Waals surface area contributed by atoms with E-state index in [0.717, 1.165) is 12.8 Å². The van der Waals surface area contributed by atoms with Crippen LogP contribution in [0.5, 0.6) is 0 Å². The number of carbonyl (C=O) groups is 1. The molecule has 1 heterocycles. The minimum atomic E-state index is -0.522. The van der Waals surface area contributed by atoms with Crippen LogP contribution in [0.25, 0.3) is 0 Å². The smallest absolute Gasteiger partial charge is 0.250 e. The van der Waals surface area contributed by atoms with Gasteiger partial charge in [-0.1, -0.05) is 19.3 Å². The summed E-state index contributed by atoms with van der Waals surface area (Å²) in [5.74, 6) is 0.147. The summed E-state index contributed by atoms with van der Waals surface area (Å²) in [5.41, 5.74) is 11.6. The quantitative estimate of drug-likeness (QED) is 0.761. The van der Waals surface area contributed by atoms with E-state index in [1.165, 1.54) is 25.5 Å². The molecule has 0 atom stereocenters. The van der Waals surface area contributed by atoms with Gasteiger partial charge in [0.2, 0.25) is 0 Å². The number of carbonyl (C=O) groups excluding carboxylic acids is 1. The molecule has 2 rings (SSSR count). The normalized spacial score (nSPS) is 18.3. The highest BCUT2D eigenvalue weighted by molar-refractivity contribution is 5.98. The van der Waals surface area contributed by atoms with Gasteiger partial charge in [0.05, 0.1) is 17.4 Å². The standard InChI is InChI=1S/C13H20N4O/c1-13(5-3-2-4-6-13)17-11-7-9(12(15)18)10(14)8-16-11/h7-8H,2-6,14H2,1H3,(H2,15,18)(H,16,17). The van der Waals surface area contributed by atoms with Crippen LogP contribution in [0.2, 0.25) is 0 Å². The third-order valence-electron chi connectivity index (χ3n) is 3.59. The summed E-state index contributed by atoms with van der Waals surface area (Å²) < 4.78 is 0. The fraction of sp³-hybridized carbons (Fsp3) is 0.538. The maximum absolute atomic E-state index is 11.2. The van der Waals surface area contributed by atoms with Crippen LogP contribution < -0.4 is 16.8 Å². The van der Waals surface area contributed by atoms with Gasteiger partial charge in [0.15, 0.2) is 0 Å². The fourth-order valence-corrected chi connectivity index (χ4v) is 2.51. The first-order valence-corrected chi connectivity index (χ1v) is 6.34. The molecule has 1 aromatic rings. The minimum Gasteiger partial charge on any atom is -0.397 e. The summed E-state index contributed by atoms with van der Waals surface area (Å²) >= 11 is 0. The number of hydrogen-bond acceptors (Lipinski definition) is 4. The lowest BCUT2D eigenvalue weighted by Crippen LogP contribution is -2.37. The molecule has 1 saturated carbocycles. The van der Waals surface area contributed by atoms with Crippen LogP contribution >= 0.6 is 0 Å². The van der Waals surface area contributed by atoms with Crippen molar-refractivity contribution in [1.82, 2.24) is 4.98 Å². The first kappa shape index (κ1) is 12.7. The predicted octanol–water partition coefficient (Wildman–Crippen LogP) is 1.90. The van der Waals surface area contributed by atoms with Crippen molar-refractivity contribution < 1.29 is 4.79 Å². The maximum atomic E-state index is 11.2. The molecule has 1 fully saturated rings. The largest absolute Gasteiger partial charge is 0.397 e. The molecule has 18 heavy (non-hydrogen) atoms. The van der Waals surface area contributed by atoms with Crippen LogP contribution in [0.4, 0.5) is 11.5 Å². The first-order valence-electron chi connectivity index (χ1n) is 6.34. The van der Waals surface area contributed by atoms with Gasteiger partial charge in [0.25, 0.3) is 5.91 Å². The molecule has 1 aliphatic rings. The molecule has 1 aromatic heterocycles. The van der Waals surface area contributed by atoms with Crippen molar-refractivity contribution in [1.29, 1.82) is 0 Å². The molecule has 0 aromatic carbocycles. The monoisotopic (exact) mass is 248 g/mol. The van der Waals surface area contributed by atoms with Crippen molar-refractivity contribution in [2.45, 2.75) is 44.6 Å². The Morgan fingerprint density at radius 3 is 2.67 bits per heavy atom. The Labute approximate surface area is 107 Å². The van der Waals surface area contributed by atoms with Crippen LogP contribution in [0, 0.1) is 0 Å². The van der Waals surface area contributed by atoms with Gasteiger partial charge in [-0.2, -0.15) is 0 Å². The van der Waals surface area contributed by atoms with E-state index in [1.54, 1.807) is 6.07 Å². The average Bonchev–Trinajstić information content (AvgIpc) is 2.32. The van der Waals surface area contributed by atoms with E-state index in [9.17, 15) is 4.79 Å². The fourth-order valence-electron chi connectivity index (χ4n) is 2.51. The number of primary amides is 1. The predicted molar refractivity (Wildman–Crippen MR) is 72.3 cm³/mol. The van der Waals surface area contributed by atoms with E-state index in [2.05, 4.69) is 17.2 Å². The number of nitrogens with one attached hydrogen (secondary N) is 1. The molecular weight excluding hydrogens is 228 g/mol. The average molecular weight is 248 g/mol. The third kappa shape index (κ3) is 2.72. The van der Waals surface area contributed by atoms with Crippen LogP contribution in [0.3, 0.4) is 0 Å². The van der Waals surface area contributed by atoms with E-state index in [1.807, 2.05) is 0 Å². The molecule has 5 N–H and O–H groups in total. The number of nitrogens with zero attached hydrogens (tertiary/aromatic N) is 1. The molecule has 0 aliphatic heterocycles. The number of rotatable bonds is 3. The number of amides is 1. The number of pyridine rings is 1.